The van der Waals surface area contributed by atoms with Crippen molar-refractivity contribution in [2.45, 2.75) is 31.8 Å². The van der Waals surface area contributed by atoms with Crippen LogP contribution in [0.2, 0.25) is 0 Å². The van der Waals surface area contributed by atoms with E-state index in [1.165, 1.54) is 19.1 Å². The molecule has 110 valence electrons. The van der Waals surface area contributed by atoms with E-state index in [4.69, 9.17) is 4.74 Å². The number of nitrogens with one attached hydrogen (secondary N) is 1. The molecule has 1 aromatic carbocycles. The van der Waals surface area contributed by atoms with E-state index in [1.54, 1.807) is 0 Å². The molecule has 0 aromatic heterocycles. The van der Waals surface area contributed by atoms with Gasteiger partial charge >= 0.3 is 5.97 Å². The molecule has 2 atom stereocenters. The summed E-state index contributed by atoms with van der Waals surface area (Å²) in [5, 5.41) is 3.39. The summed E-state index contributed by atoms with van der Waals surface area (Å²) in [4.78, 5) is 14.0. The predicted octanol–water partition coefficient (Wildman–Crippen LogP) is 1.45. The van der Waals surface area contributed by atoms with Crippen LogP contribution >= 0.6 is 0 Å². The van der Waals surface area contributed by atoms with Crippen molar-refractivity contribution in [3.8, 4) is 0 Å². The largest absolute Gasteiger partial charge is 0.468 e. The number of hydrogen-bond donors (Lipinski definition) is 1. The molecule has 0 radical (unpaired) electrons. The van der Waals surface area contributed by atoms with Gasteiger partial charge in [0.25, 0.3) is 0 Å². The second kappa shape index (κ2) is 7.41. The van der Waals surface area contributed by atoms with Gasteiger partial charge in [0.1, 0.15) is 6.04 Å². The van der Waals surface area contributed by atoms with E-state index in [1.807, 2.05) is 13.0 Å². The van der Waals surface area contributed by atoms with Crippen LogP contribution in [0.3, 0.4) is 0 Å². The Kier molecular flexibility index (Phi) is 5.56. The van der Waals surface area contributed by atoms with E-state index in [0.717, 1.165) is 26.1 Å². The minimum Gasteiger partial charge on any atom is -0.468 e. The van der Waals surface area contributed by atoms with Crippen LogP contribution in [0.25, 0.3) is 0 Å². The van der Waals surface area contributed by atoms with Crippen LogP contribution in [0.4, 0.5) is 0 Å². The summed E-state index contributed by atoms with van der Waals surface area (Å²) < 4.78 is 4.88. The molecule has 0 amide bonds. The Morgan fingerprint density at radius 2 is 2.15 bits per heavy atom. The third-order valence-corrected chi connectivity index (χ3v) is 4.00. The Labute approximate surface area is 121 Å². The molecule has 1 aliphatic rings. The molecule has 1 aliphatic heterocycles. The summed E-state index contributed by atoms with van der Waals surface area (Å²) in [6.45, 7) is 4.79. The third kappa shape index (κ3) is 4.05. The van der Waals surface area contributed by atoms with Gasteiger partial charge < -0.3 is 10.1 Å². The molecule has 0 spiro atoms. The molecular weight excluding hydrogens is 252 g/mol. The number of carbonyl (C=O) groups is 1. The van der Waals surface area contributed by atoms with Crippen LogP contribution in [-0.2, 0) is 16.0 Å². The Morgan fingerprint density at radius 3 is 2.70 bits per heavy atom. The van der Waals surface area contributed by atoms with Gasteiger partial charge in [0, 0.05) is 19.1 Å². The highest BCUT2D eigenvalue weighted by Crippen LogP contribution is 2.11. The van der Waals surface area contributed by atoms with E-state index in [-0.39, 0.29) is 12.0 Å². The topological polar surface area (TPSA) is 41.6 Å². The molecule has 20 heavy (non-hydrogen) atoms. The Morgan fingerprint density at radius 1 is 1.45 bits per heavy atom. The quantitative estimate of drug-likeness (QED) is 0.766. The van der Waals surface area contributed by atoms with Gasteiger partial charge in [0.15, 0.2) is 0 Å². The van der Waals surface area contributed by atoms with Gasteiger partial charge in [-0.2, -0.15) is 0 Å². The second-order valence-corrected chi connectivity index (χ2v) is 5.37. The number of ether oxygens (including phenoxy) is 1. The molecule has 0 bridgehead atoms. The van der Waals surface area contributed by atoms with E-state index in [0.29, 0.717) is 6.04 Å². The number of carbonyl (C=O) groups excluding carboxylic acids is 1. The summed E-state index contributed by atoms with van der Waals surface area (Å²) in [5.41, 5.74) is 1.30. The highest BCUT2D eigenvalue weighted by atomic mass is 16.5. The molecule has 2 rings (SSSR count). The number of nitrogens with zero attached hydrogens (tertiary/aromatic N) is 1. The first-order valence-corrected chi connectivity index (χ1v) is 7.30. The monoisotopic (exact) mass is 276 g/mol. The maximum Gasteiger partial charge on any atom is 0.322 e. The van der Waals surface area contributed by atoms with Crippen molar-refractivity contribution in [3.63, 3.8) is 0 Å². The zero-order valence-electron chi connectivity index (χ0n) is 12.3. The number of rotatable bonds is 7. The minimum atomic E-state index is -0.189. The highest BCUT2D eigenvalue weighted by Gasteiger charge is 2.26. The lowest BCUT2D eigenvalue weighted by Crippen LogP contribution is -2.53. The predicted molar refractivity (Wildman–Crippen MR) is 79.6 cm³/mol. The lowest BCUT2D eigenvalue weighted by Gasteiger charge is -2.35. The SMILES string of the molecule is COC(=O)[C@H](C)N(CCc1ccccc1)CC1CCN1. The minimum absolute atomic E-state index is 0.155. The van der Waals surface area contributed by atoms with E-state index in [2.05, 4.69) is 34.5 Å². The van der Waals surface area contributed by atoms with Crippen LogP contribution in [0.1, 0.15) is 18.9 Å². The summed E-state index contributed by atoms with van der Waals surface area (Å²) in [7, 11) is 1.45. The Hall–Kier alpha value is -1.39. The smallest absolute Gasteiger partial charge is 0.322 e. The van der Waals surface area contributed by atoms with Gasteiger partial charge in [-0.15, -0.1) is 0 Å². The molecule has 0 saturated carbocycles. The maximum atomic E-state index is 11.8. The molecule has 1 heterocycles. The van der Waals surface area contributed by atoms with Crippen LogP contribution in [0.15, 0.2) is 30.3 Å². The van der Waals surface area contributed by atoms with Crippen LogP contribution in [0, 0.1) is 0 Å². The van der Waals surface area contributed by atoms with Crippen LogP contribution in [0.5, 0.6) is 0 Å². The van der Waals surface area contributed by atoms with Crippen molar-refractivity contribution >= 4 is 5.97 Å². The number of hydrogen-bond acceptors (Lipinski definition) is 4. The van der Waals surface area contributed by atoms with Crippen LogP contribution in [-0.4, -0.2) is 49.7 Å². The maximum absolute atomic E-state index is 11.8. The molecule has 0 aliphatic carbocycles. The lowest BCUT2D eigenvalue weighted by atomic mass is 10.0. The number of methoxy groups -OCH3 is 1. The normalized spacial score (nSPS) is 19.4. The lowest BCUT2D eigenvalue weighted by molar-refractivity contribution is -0.146. The average Bonchev–Trinajstić information content (AvgIpc) is 2.45. The van der Waals surface area contributed by atoms with Crippen LogP contribution < -0.4 is 5.32 Å². The van der Waals surface area contributed by atoms with Gasteiger partial charge in [-0.1, -0.05) is 30.3 Å². The fourth-order valence-electron chi connectivity index (χ4n) is 2.47. The first-order chi connectivity index (χ1) is 9.70. The van der Waals surface area contributed by atoms with Gasteiger partial charge in [-0.25, -0.2) is 0 Å². The Bertz CT molecular complexity index is 418. The van der Waals surface area contributed by atoms with Gasteiger partial charge in [-0.3, -0.25) is 9.69 Å². The van der Waals surface area contributed by atoms with Crippen molar-refractivity contribution in [2.75, 3.05) is 26.7 Å². The van der Waals surface area contributed by atoms with Gasteiger partial charge in [0.05, 0.1) is 7.11 Å². The van der Waals surface area contributed by atoms with Crippen molar-refractivity contribution in [3.05, 3.63) is 35.9 Å². The van der Waals surface area contributed by atoms with E-state index < -0.39 is 0 Å². The van der Waals surface area contributed by atoms with Gasteiger partial charge in [-0.05, 0) is 31.9 Å². The standard InChI is InChI=1S/C16H24N2O2/c1-13(16(19)20-2)18(12-15-8-10-17-15)11-9-14-6-4-3-5-7-14/h3-7,13,15,17H,8-12H2,1-2H3/t13-,15?/m0/s1. The molecule has 4 nitrogen and oxygen atoms in total. The molecule has 1 fully saturated rings. The zero-order chi connectivity index (χ0) is 14.4. The molecule has 1 N–H and O–H groups in total. The summed E-state index contributed by atoms with van der Waals surface area (Å²) in [5.74, 6) is -0.155. The highest BCUT2D eigenvalue weighted by molar-refractivity contribution is 5.75. The third-order valence-electron chi connectivity index (χ3n) is 4.00. The van der Waals surface area contributed by atoms with Gasteiger partial charge in [0.2, 0.25) is 0 Å². The number of benzene rings is 1. The molecule has 1 unspecified atom stereocenters. The summed E-state index contributed by atoms with van der Waals surface area (Å²) in [6.07, 6.45) is 2.14. The fourth-order valence-corrected chi connectivity index (χ4v) is 2.47. The average molecular weight is 276 g/mol. The fraction of sp³-hybridized carbons (Fsp3) is 0.562. The van der Waals surface area contributed by atoms with Crippen molar-refractivity contribution in [2.24, 2.45) is 0 Å². The van der Waals surface area contributed by atoms with E-state index >= 15 is 0 Å². The zero-order valence-corrected chi connectivity index (χ0v) is 12.3. The van der Waals surface area contributed by atoms with Crippen molar-refractivity contribution < 1.29 is 9.53 Å². The second-order valence-electron chi connectivity index (χ2n) is 5.37. The summed E-state index contributed by atoms with van der Waals surface area (Å²) >= 11 is 0. The summed E-state index contributed by atoms with van der Waals surface area (Å²) in [6, 6.07) is 10.7. The first kappa shape index (κ1) is 15.0. The molecule has 1 aromatic rings. The molecular formula is C16H24N2O2. The van der Waals surface area contributed by atoms with Crippen molar-refractivity contribution in [1.82, 2.24) is 10.2 Å². The van der Waals surface area contributed by atoms with Crippen molar-refractivity contribution in [1.29, 1.82) is 0 Å². The number of esters is 1. The Balaban J connectivity index is 1.92. The molecule has 1 saturated heterocycles. The van der Waals surface area contributed by atoms with E-state index in [9.17, 15) is 4.79 Å². The molecule has 4 heteroatoms. The first-order valence-electron chi connectivity index (χ1n) is 7.30.